The Labute approximate surface area is 103 Å². The summed E-state index contributed by atoms with van der Waals surface area (Å²) in [5.74, 6) is 0.670. The molecule has 1 N–H and O–H groups in total. The van der Waals surface area contributed by atoms with Crippen molar-refractivity contribution in [3.8, 4) is 0 Å². The molecule has 2 atom stereocenters. The Kier molecular flexibility index (Phi) is 4.20. The van der Waals surface area contributed by atoms with E-state index < -0.39 is 0 Å². The lowest BCUT2D eigenvalue weighted by molar-refractivity contribution is 0.177. The van der Waals surface area contributed by atoms with Crippen molar-refractivity contribution in [3.05, 3.63) is 20.8 Å². The van der Waals surface area contributed by atoms with E-state index in [1.165, 1.54) is 15.8 Å². The van der Waals surface area contributed by atoms with Gasteiger partial charge in [0.1, 0.15) is 0 Å². The first-order valence-corrected chi connectivity index (χ1v) is 6.95. The van der Waals surface area contributed by atoms with Crippen LogP contribution in [0.1, 0.15) is 11.3 Å². The van der Waals surface area contributed by atoms with Gasteiger partial charge in [-0.15, -0.1) is 11.3 Å². The van der Waals surface area contributed by atoms with E-state index >= 15 is 0 Å². The molecule has 1 saturated heterocycles. The van der Waals surface area contributed by atoms with Gasteiger partial charge in [-0.2, -0.15) is 0 Å². The molecule has 2 unspecified atom stereocenters. The second kappa shape index (κ2) is 5.43. The van der Waals surface area contributed by atoms with Gasteiger partial charge in [0, 0.05) is 27.9 Å². The average molecular weight is 290 g/mol. The molecular formula is C11H16BrNOS. The average Bonchev–Trinajstić information content (AvgIpc) is 2.86. The molecule has 0 radical (unpaired) electrons. The number of nitrogens with one attached hydrogen (secondary N) is 1. The van der Waals surface area contributed by atoms with Crippen molar-refractivity contribution in [2.45, 2.75) is 18.9 Å². The minimum atomic E-state index is 0.544. The Hall–Kier alpha value is 0.1000. The SMILES string of the molecule is CNC(Cc1sccc1Br)C1CCOC1. The molecule has 84 valence electrons. The molecule has 0 saturated carbocycles. The fourth-order valence-electron chi connectivity index (χ4n) is 2.04. The van der Waals surface area contributed by atoms with Crippen molar-refractivity contribution < 1.29 is 4.74 Å². The third-order valence-electron chi connectivity index (χ3n) is 3.00. The molecule has 4 heteroatoms. The first-order chi connectivity index (χ1) is 7.31. The van der Waals surface area contributed by atoms with E-state index in [0.29, 0.717) is 12.0 Å². The maximum atomic E-state index is 5.44. The van der Waals surface area contributed by atoms with Crippen LogP contribution >= 0.6 is 27.3 Å². The van der Waals surface area contributed by atoms with E-state index in [1.54, 1.807) is 0 Å². The summed E-state index contributed by atoms with van der Waals surface area (Å²) in [6.45, 7) is 1.84. The first kappa shape index (κ1) is 11.6. The summed E-state index contributed by atoms with van der Waals surface area (Å²) < 4.78 is 6.68. The predicted molar refractivity (Wildman–Crippen MR) is 67.5 cm³/mol. The standard InChI is InChI=1S/C11H16BrNOS/c1-13-10(8-2-4-14-7-8)6-11-9(12)3-5-15-11/h3,5,8,10,13H,2,4,6-7H2,1H3. The third kappa shape index (κ3) is 2.81. The number of halogens is 1. The molecule has 1 aromatic heterocycles. The number of hydrogen-bond donors (Lipinski definition) is 1. The number of hydrogen-bond acceptors (Lipinski definition) is 3. The van der Waals surface area contributed by atoms with Crippen LogP contribution in [0.15, 0.2) is 15.9 Å². The number of thiophene rings is 1. The van der Waals surface area contributed by atoms with E-state index in [4.69, 9.17) is 4.74 Å². The zero-order valence-corrected chi connectivity index (χ0v) is 11.2. The molecule has 0 aromatic carbocycles. The van der Waals surface area contributed by atoms with Crippen LogP contribution in [0.4, 0.5) is 0 Å². The molecule has 1 aliphatic heterocycles. The Morgan fingerprint density at radius 3 is 3.13 bits per heavy atom. The van der Waals surface area contributed by atoms with Crippen molar-refractivity contribution in [2.24, 2.45) is 5.92 Å². The topological polar surface area (TPSA) is 21.3 Å². The predicted octanol–water partition coefficient (Wildman–Crippen LogP) is 2.68. The van der Waals surface area contributed by atoms with E-state index in [1.807, 2.05) is 18.4 Å². The second-order valence-electron chi connectivity index (χ2n) is 3.91. The van der Waals surface area contributed by atoms with Crippen LogP contribution in [0.25, 0.3) is 0 Å². The summed E-state index contributed by atoms with van der Waals surface area (Å²) in [6.07, 6.45) is 2.29. The second-order valence-corrected chi connectivity index (χ2v) is 5.77. The van der Waals surface area contributed by atoms with E-state index in [9.17, 15) is 0 Å². The molecule has 0 bridgehead atoms. The maximum absolute atomic E-state index is 5.44. The quantitative estimate of drug-likeness (QED) is 0.920. The van der Waals surface area contributed by atoms with Crippen LogP contribution < -0.4 is 5.32 Å². The number of ether oxygens (including phenoxy) is 1. The van der Waals surface area contributed by atoms with Crippen LogP contribution in [0.3, 0.4) is 0 Å². The highest BCUT2D eigenvalue weighted by Gasteiger charge is 2.25. The summed E-state index contributed by atoms with van der Waals surface area (Å²) in [5, 5.41) is 5.55. The van der Waals surface area contributed by atoms with Crippen LogP contribution in [-0.2, 0) is 11.2 Å². The lowest BCUT2D eigenvalue weighted by Gasteiger charge is -2.21. The molecule has 15 heavy (non-hydrogen) atoms. The highest BCUT2D eigenvalue weighted by molar-refractivity contribution is 9.10. The molecule has 1 aliphatic rings. The van der Waals surface area contributed by atoms with Crippen molar-refractivity contribution in [3.63, 3.8) is 0 Å². The number of likely N-dealkylation sites (N-methyl/N-ethyl adjacent to an activating group) is 1. The van der Waals surface area contributed by atoms with Crippen molar-refractivity contribution in [2.75, 3.05) is 20.3 Å². The molecule has 2 heterocycles. The minimum absolute atomic E-state index is 0.544. The van der Waals surface area contributed by atoms with Crippen LogP contribution in [0.5, 0.6) is 0 Å². The zero-order chi connectivity index (χ0) is 10.7. The molecule has 2 nitrogen and oxygen atoms in total. The van der Waals surface area contributed by atoms with Gasteiger partial charge in [-0.25, -0.2) is 0 Å². The van der Waals surface area contributed by atoms with Gasteiger partial charge in [0.25, 0.3) is 0 Å². The number of rotatable bonds is 4. The van der Waals surface area contributed by atoms with Gasteiger partial charge in [-0.3, -0.25) is 0 Å². The van der Waals surface area contributed by atoms with Gasteiger partial charge in [0.2, 0.25) is 0 Å². The van der Waals surface area contributed by atoms with Gasteiger partial charge >= 0.3 is 0 Å². The van der Waals surface area contributed by atoms with Crippen molar-refractivity contribution >= 4 is 27.3 Å². The van der Waals surface area contributed by atoms with E-state index in [-0.39, 0.29) is 0 Å². The molecule has 0 amide bonds. The summed E-state index contributed by atoms with van der Waals surface area (Å²) in [5.41, 5.74) is 0. The molecule has 0 spiro atoms. The first-order valence-electron chi connectivity index (χ1n) is 5.28. The highest BCUT2D eigenvalue weighted by atomic mass is 79.9. The smallest absolute Gasteiger partial charge is 0.0510 e. The normalized spacial score (nSPS) is 23.2. The molecule has 1 aromatic rings. The Morgan fingerprint density at radius 1 is 1.73 bits per heavy atom. The van der Waals surface area contributed by atoms with E-state index in [2.05, 4.69) is 32.7 Å². The summed E-state index contributed by atoms with van der Waals surface area (Å²) in [7, 11) is 2.05. The summed E-state index contributed by atoms with van der Waals surface area (Å²) in [6, 6.07) is 2.67. The third-order valence-corrected chi connectivity index (χ3v) is 4.95. The van der Waals surface area contributed by atoms with Gasteiger partial charge in [0.05, 0.1) is 6.61 Å². The lowest BCUT2D eigenvalue weighted by atomic mass is 9.96. The fourth-order valence-corrected chi connectivity index (χ4v) is 3.62. The Morgan fingerprint density at radius 2 is 2.60 bits per heavy atom. The Bertz CT molecular complexity index is 309. The maximum Gasteiger partial charge on any atom is 0.0510 e. The molecular weight excluding hydrogens is 274 g/mol. The van der Waals surface area contributed by atoms with Crippen molar-refractivity contribution in [1.29, 1.82) is 0 Å². The van der Waals surface area contributed by atoms with Crippen LogP contribution in [0.2, 0.25) is 0 Å². The zero-order valence-electron chi connectivity index (χ0n) is 8.83. The van der Waals surface area contributed by atoms with E-state index in [0.717, 1.165) is 19.6 Å². The highest BCUT2D eigenvalue weighted by Crippen LogP contribution is 2.27. The minimum Gasteiger partial charge on any atom is -0.381 e. The largest absolute Gasteiger partial charge is 0.381 e. The molecule has 0 aliphatic carbocycles. The van der Waals surface area contributed by atoms with Gasteiger partial charge in [0.15, 0.2) is 0 Å². The monoisotopic (exact) mass is 289 g/mol. The Balaban J connectivity index is 1.98. The van der Waals surface area contributed by atoms with Gasteiger partial charge in [-0.05, 0) is 47.3 Å². The van der Waals surface area contributed by atoms with Gasteiger partial charge in [-0.1, -0.05) is 0 Å². The molecule has 1 fully saturated rings. The van der Waals surface area contributed by atoms with Crippen LogP contribution in [0, 0.1) is 5.92 Å². The van der Waals surface area contributed by atoms with Crippen LogP contribution in [-0.4, -0.2) is 26.3 Å². The summed E-state index contributed by atoms with van der Waals surface area (Å²) >= 11 is 5.41. The lowest BCUT2D eigenvalue weighted by Crippen LogP contribution is -2.35. The molecule has 2 rings (SSSR count). The fraction of sp³-hybridized carbons (Fsp3) is 0.636. The summed E-state index contributed by atoms with van der Waals surface area (Å²) in [4.78, 5) is 1.43. The van der Waals surface area contributed by atoms with Gasteiger partial charge < -0.3 is 10.1 Å². The van der Waals surface area contributed by atoms with Crippen molar-refractivity contribution in [1.82, 2.24) is 5.32 Å².